The van der Waals surface area contributed by atoms with Crippen molar-refractivity contribution in [3.63, 3.8) is 0 Å². The van der Waals surface area contributed by atoms with E-state index in [0.717, 1.165) is 25.3 Å². The summed E-state index contributed by atoms with van der Waals surface area (Å²) in [6, 6.07) is 11.6. The molecule has 1 amide bonds. The van der Waals surface area contributed by atoms with Gasteiger partial charge in [-0.15, -0.1) is 0 Å². The number of halogens is 1. The maximum Gasteiger partial charge on any atom is 0.264 e. The van der Waals surface area contributed by atoms with Gasteiger partial charge in [0, 0.05) is 42.3 Å². The van der Waals surface area contributed by atoms with Gasteiger partial charge in [-0.3, -0.25) is 14.5 Å². The number of benzene rings is 2. The smallest absolute Gasteiger partial charge is 0.264 e. The first-order valence-corrected chi connectivity index (χ1v) is 12.7. The third-order valence-electron chi connectivity index (χ3n) is 6.56. The number of anilines is 1. The predicted octanol–water partition coefficient (Wildman–Crippen LogP) is 4.35. The molecule has 2 aromatic carbocycles. The second-order valence-electron chi connectivity index (χ2n) is 9.64. The Morgan fingerprint density at radius 1 is 1.09 bits per heavy atom. The summed E-state index contributed by atoms with van der Waals surface area (Å²) in [5.74, 6) is -0.627. The van der Waals surface area contributed by atoms with E-state index in [9.17, 15) is 17.6 Å². The topological polar surface area (TPSA) is 88.6 Å². The van der Waals surface area contributed by atoms with Gasteiger partial charge in [0.15, 0.2) is 0 Å². The Balaban J connectivity index is 1.28. The molecule has 2 fully saturated rings. The number of hydrogen-bond acceptors (Lipinski definition) is 5. The fourth-order valence-corrected chi connectivity index (χ4v) is 6.37. The van der Waals surface area contributed by atoms with Gasteiger partial charge in [0.25, 0.3) is 15.9 Å². The van der Waals surface area contributed by atoms with E-state index in [2.05, 4.69) is 23.6 Å². The molecule has 1 aromatic heterocycles. The van der Waals surface area contributed by atoms with Crippen LogP contribution in [0.5, 0.6) is 0 Å². The van der Waals surface area contributed by atoms with Crippen molar-refractivity contribution in [2.75, 3.05) is 17.8 Å². The summed E-state index contributed by atoms with van der Waals surface area (Å²) >= 11 is 0. The highest BCUT2D eigenvalue weighted by molar-refractivity contribution is 7.93. The number of ether oxygens (including phenoxy) is 1. The second kappa shape index (κ2) is 8.02. The van der Waals surface area contributed by atoms with Gasteiger partial charge < -0.3 is 9.64 Å². The van der Waals surface area contributed by atoms with Crippen molar-refractivity contribution in [2.45, 2.75) is 49.2 Å². The molecule has 1 N–H and O–H groups in total. The van der Waals surface area contributed by atoms with Crippen LogP contribution in [0.1, 0.15) is 43.5 Å². The Bertz CT molecular complexity index is 1350. The lowest BCUT2D eigenvalue weighted by Crippen LogP contribution is -2.61. The summed E-state index contributed by atoms with van der Waals surface area (Å²) in [4.78, 5) is 18.7. The average Bonchev–Trinajstić information content (AvgIpc) is 2.78. The van der Waals surface area contributed by atoms with Crippen molar-refractivity contribution in [1.82, 2.24) is 9.88 Å². The third-order valence-corrected chi connectivity index (χ3v) is 7.97. The van der Waals surface area contributed by atoms with Crippen molar-refractivity contribution >= 4 is 32.5 Å². The Labute approximate surface area is 198 Å². The monoisotopic (exact) mass is 483 g/mol. The zero-order valence-corrected chi connectivity index (χ0v) is 19.9. The minimum absolute atomic E-state index is 0.0588. The van der Waals surface area contributed by atoms with Gasteiger partial charge in [0.1, 0.15) is 10.7 Å². The molecular formula is C25H26FN3O4S. The van der Waals surface area contributed by atoms with E-state index in [1.807, 2.05) is 4.90 Å². The molecule has 34 heavy (non-hydrogen) atoms. The number of piperidine rings is 1. The number of fused-ring (bicyclic) bond motifs is 1. The van der Waals surface area contributed by atoms with E-state index in [-0.39, 0.29) is 32.9 Å². The number of carbonyl (C=O) groups excluding carboxylic acids is 1. The first kappa shape index (κ1) is 22.7. The zero-order valence-electron chi connectivity index (χ0n) is 19.0. The third kappa shape index (κ3) is 4.14. The van der Waals surface area contributed by atoms with Crippen molar-refractivity contribution in [1.29, 1.82) is 0 Å². The van der Waals surface area contributed by atoms with E-state index >= 15 is 0 Å². The summed E-state index contributed by atoms with van der Waals surface area (Å²) in [7, 11) is -4.02. The van der Waals surface area contributed by atoms with E-state index in [0.29, 0.717) is 24.3 Å². The summed E-state index contributed by atoms with van der Waals surface area (Å²) in [5, 5.41) is 0.130. The Hall–Kier alpha value is -3.04. The zero-order chi connectivity index (χ0) is 24.1. The number of sulfonamides is 1. The van der Waals surface area contributed by atoms with Crippen molar-refractivity contribution in [3.8, 4) is 0 Å². The summed E-state index contributed by atoms with van der Waals surface area (Å²) < 4.78 is 48.6. The van der Waals surface area contributed by atoms with Gasteiger partial charge in [-0.05, 0) is 75.2 Å². The first-order valence-electron chi connectivity index (χ1n) is 11.2. The summed E-state index contributed by atoms with van der Waals surface area (Å²) in [6.45, 7) is 5.43. The van der Waals surface area contributed by atoms with Gasteiger partial charge in [0.05, 0.1) is 16.7 Å². The van der Waals surface area contributed by atoms with Gasteiger partial charge in [0.2, 0.25) is 0 Å². The molecule has 1 spiro atoms. The average molecular weight is 484 g/mol. The number of hydrogen-bond donors (Lipinski definition) is 1. The number of nitrogens with one attached hydrogen (secondary N) is 1. The van der Waals surface area contributed by atoms with Crippen molar-refractivity contribution in [2.24, 2.45) is 0 Å². The van der Waals surface area contributed by atoms with Crippen LogP contribution in [0.2, 0.25) is 0 Å². The number of rotatable bonds is 4. The quantitative estimate of drug-likeness (QED) is 0.596. The lowest BCUT2D eigenvalue weighted by Gasteiger charge is -2.56. The minimum Gasteiger partial charge on any atom is -0.369 e. The van der Waals surface area contributed by atoms with Crippen LogP contribution in [0.4, 0.5) is 10.1 Å². The predicted molar refractivity (Wildman–Crippen MR) is 127 cm³/mol. The fraction of sp³-hybridized carbons (Fsp3) is 0.360. The van der Waals surface area contributed by atoms with Crippen LogP contribution in [0.15, 0.2) is 59.6 Å². The summed E-state index contributed by atoms with van der Waals surface area (Å²) in [6.07, 6.45) is 4.07. The molecule has 7 nitrogen and oxygen atoms in total. The van der Waals surface area contributed by atoms with Crippen molar-refractivity contribution in [3.05, 3.63) is 66.1 Å². The van der Waals surface area contributed by atoms with Crippen molar-refractivity contribution < 1.29 is 22.3 Å². The van der Waals surface area contributed by atoms with Crippen LogP contribution in [-0.2, 0) is 14.8 Å². The number of amides is 1. The Morgan fingerprint density at radius 2 is 1.76 bits per heavy atom. The number of pyridine rings is 1. The molecular weight excluding hydrogens is 457 g/mol. The fourth-order valence-electron chi connectivity index (χ4n) is 5.15. The molecule has 2 aliphatic heterocycles. The molecule has 3 heterocycles. The highest BCUT2D eigenvalue weighted by Crippen LogP contribution is 2.47. The maximum absolute atomic E-state index is 14.1. The molecule has 0 radical (unpaired) electrons. The van der Waals surface area contributed by atoms with Crippen LogP contribution < -0.4 is 4.72 Å². The van der Waals surface area contributed by atoms with E-state index in [4.69, 9.17) is 4.74 Å². The standard InChI is InChI=1S/C25H26FN3O4S/c1-24(2)16-25(33-24)11-14-29(15-12-25)23(30)17-5-7-18(8-6-17)28-34(31,32)21-10-9-20(26)19-4-3-13-27-22(19)21/h3-10,13,28H,11-12,14-16H2,1-2H3. The van der Waals surface area contributed by atoms with E-state index < -0.39 is 15.8 Å². The number of likely N-dealkylation sites (tertiary alicyclic amines) is 1. The molecule has 5 rings (SSSR count). The number of nitrogens with zero attached hydrogens (tertiary/aromatic N) is 2. The van der Waals surface area contributed by atoms with E-state index in [1.54, 1.807) is 30.3 Å². The van der Waals surface area contributed by atoms with Gasteiger partial charge >= 0.3 is 0 Å². The molecule has 0 saturated carbocycles. The highest BCUT2D eigenvalue weighted by atomic mass is 32.2. The SMILES string of the molecule is CC1(C)CC2(CCN(C(=O)c3ccc(NS(=O)(=O)c4ccc(F)c5cccnc45)cc3)CC2)O1. The molecule has 0 bridgehead atoms. The normalized spacial score (nSPS) is 19.1. The number of carbonyl (C=O) groups is 1. The first-order chi connectivity index (χ1) is 16.1. The lowest BCUT2D eigenvalue weighted by atomic mass is 9.75. The molecule has 0 atom stereocenters. The molecule has 0 aliphatic carbocycles. The minimum atomic E-state index is -4.02. The Morgan fingerprint density at radius 3 is 2.41 bits per heavy atom. The molecule has 2 saturated heterocycles. The molecule has 0 unspecified atom stereocenters. The van der Waals surface area contributed by atoms with Crippen LogP contribution in [0, 0.1) is 5.82 Å². The number of aromatic nitrogens is 1. The Kier molecular flexibility index (Phi) is 5.37. The molecule has 9 heteroatoms. The lowest BCUT2D eigenvalue weighted by molar-refractivity contribution is -0.269. The van der Waals surface area contributed by atoms with Gasteiger partial charge in [-0.25, -0.2) is 12.8 Å². The van der Waals surface area contributed by atoms with Crippen LogP contribution in [0.25, 0.3) is 10.9 Å². The van der Waals surface area contributed by atoms with E-state index in [1.165, 1.54) is 18.3 Å². The largest absolute Gasteiger partial charge is 0.369 e. The maximum atomic E-state index is 14.1. The summed E-state index contributed by atoms with van der Waals surface area (Å²) in [5.41, 5.74) is 0.673. The second-order valence-corrected chi connectivity index (χ2v) is 11.3. The van der Waals surface area contributed by atoms with Gasteiger partial charge in [-0.1, -0.05) is 0 Å². The van der Waals surface area contributed by atoms with Crippen LogP contribution >= 0.6 is 0 Å². The molecule has 3 aromatic rings. The van der Waals surface area contributed by atoms with Crippen LogP contribution in [-0.4, -0.2) is 48.5 Å². The highest BCUT2D eigenvalue weighted by Gasteiger charge is 2.51. The van der Waals surface area contributed by atoms with Gasteiger partial charge in [-0.2, -0.15) is 0 Å². The van der Waals surface area contributed by atoms with Crippen LogP contribution in [0.3, 0.4) is 0 Å². The molecule has 178 valence electrons. The molecule has 2 aliphatic rings.